The van der Waals surface area contributed by atoms with Crippen LogP contribution in [-0.4, -0.2) is 13.4 Å². The predicted molar refractivity (Wildman–Crippen MR) is 74.1 cm³/mol. The van der Waals surface area contributed by atoms with Crippen molar-refractivity contribution in [2.45, 2.75) is 4.90 Å². The number of sulfonamides is 1. The van der Waals surface area contributed by atoms with Crippen molar-refractivity contribution in [1.29, 1.82) is 0 Å². The topological polar surface area (TPSA) is 59.1 Å². The van der Waals surface area contributed by atoms with E-state index in [9.17, 15) is 17.2 Å². The van der Waals surface area contributed by atoms with E-state index in [0.29, 0.717) is 6.07 Å². The molecule has 0 bridgehead atoms. The van der Waals surface area contributed by atoms with Crippen LogP contribution in [0, 0.1) is 11.6 Å². The molecule has 1 N–H and O–H groups in total. The average molecular weight is 384 g/mol. The van der Waals surface area contributed by atoms with Crippen molar-refractivity contribution in [3.8, 4) is 0 Å². The first-order valence-corrected chi connectivity index (χ1v) is 7.74. The molecule has 106 valence electrons. The monoisotopic (exact) mass is 382 g/mol. The summed E-state index contributed by atoms with van der Waals surface area (Å²) in [5.74, 6) is -2.09. The summed E-state index contributed by atoms with van der Waals surface area (Å²) < 4.78 is 52.7. The summed E-state index contributed by atoms with van der Waals surface area (Å²) in [5.41, 5.74) is 0.102. The lowest BCUT2D eigenvalue weighted by Gasteiger charge is -2.10. The number of pyridine rings is 1. The minimum atomic E-state index is -4.23. The molecule has 0 saturated heterocycles. The van der Waals surface area contributed by atoms with Crippen LogP contribution in [0.1, 0.15) is 0 Å². The van der Waals surface area contributed by atoms with E-state index in [-0.39, 0.29) is 15.3 Å². The molecule has 0 amide bonds. The second-order valence-corrected chi connectivity index (χ2v) is 6.53. The van der Waals surface area contributed by atoms with Crippen LogP contribution in [0.3, 0.4) is 0 Å². The van der Waals surface area contributed by atoms with Gasteiger partial charge in [0.25, 0.3) is 10.0 Å². The number of nitrogens with one attached hydrogen (secondary N) is 1. The number of rotatable bonds is 3. The summed E-state index contributed by atoms with van der Waals surface area (Å²) in [7, 11) is -4.23. The van der Waals surface area contributed by atoms with Gasteiger partial charge in [-0.25, -0.2) is 22.2 Å². The molecular weight excluding hydrogens is 378 g/mol. The maximum Gasteiger partial charge on any atom is 0.266 e. The molecule has 0 aliphatic carbocycles. The highest BCUT2D eigenvalue weighted by Crippen LogP contribution is 2.28. The van der Waals surface area contributed by atoms with Gasteiger partial charge in [-0.3, -0.25) is 4.72 Å². The fourth-order valence-electron chi connectivity index (χ4n) is 1.43. The highest BCUT2D eigenvalue weighted by molar-refractivity contribution is 9.10. The smallest absolute Gasteiger partial charge is 0.266 e. The molecule has 1 heterocycles. The second-order valence-electron chi connectivity index (χ2n) is 3.67. The van der Waals surface area contributed by atoms with Crippen LogP contribution < -0.4 is 4.72 Å². The molecule has 0 fully saturated rings. The first kappa shape index (κ1) is 15.1. The zero-order chi connectivity index (χ0) is 14.9. The first-order valence-electron chi connectivity index (χ1n) is 5.08. The van der Waals surface area contributed by atoms with Gasteiger partial charge in [-0.2, -0.15) is 0 Å². The minimum Gasteiger partial charge on any atom is -0.278 e. The van der Waals surface area contributed by atoms with Crippen LogP contribution in [0.5, 0.6) is 0 Å². The van der Waals surface area contributed by atoms with Crippen molar-refractivity contribution < 1.29 is 17.2 Å². The molecule has 20 heavy (non-hydrogen) atoms. The normalized spacial score (nSPS) is 11.4. The van der Waals surface area contributed by atoms with Gasteiger partial charge in [0, 0.05) is 10.5 Å². The molecule has 0 aliphatic heterocycles. The lowest BCUT2D eigenvalue weighted by molar-refractivity contribution is 0.548. The van der Waals surface area contributed by atoms with E-state index in [1.54, 1.807) is 0 Å². The first-order chi connectivity index (χ1) is 9.29. The molecule has 0 saturated carbocycles. The Kier molecular flexibility index (Phi) is 4.26. The van der Waals surface area contributed by atoms with E-state index in [4.69, 9.17) is 11.6 Å². The fourth-order valence-corrected chi connectivity index (χ4v) is 3.75. The number of halogens is 4. The van der Waals surface area contributed by atoms with Crippen molar-refractivity contribution >= 4 is 43.2 Å². The molecule has 9 heteroatoms. The minimum absolute atomic E-state index is 0.102. The molecule has 4 nitrogen and oxygen atoms in total. The van der Waals surface area contributed by atoms with Gasteiger partial charge < -0.3 is 0 Å². The zero-order valence-electron chi connectivity index (χ0n) is 9.57. The Morgan fingerprint density at radius 3 is 2.50 bits per heavy atom. The van der Waals surface area contributed by atoms with Gasteiger partial charge in [0.05, 0.1) is 11.9 Å². The highest BCUT2D eigenvalue weighted by Gasteiger charge is 2.23. The van der Waals surface area contributed by atoms with E-state index in [0.717, 1.165) is 6.07 Å². The van der Waals surface area contributed by atoms with Crippen molar-refractivity contribution in [3.63, 3.8) is 0 Å². The van der Waals surface area contributed by atoms with Gasteiger partial charge in [-0.05, 0) is 34.1 Å². The standard InChI is InChI=1S/C11H6BrClF2N2O2S/c12-8-3-6(14)4-9(15)11(8)20(18,19)17-7-1-2-10(13)16-5-7/h1-5,17H. The number of anilines is 1. The Balaban J connectivity index is 2.43. The Hall–Kier alpha value is -1.25. The van der Waals surface area contributed by atoms with Crippen molar-refractivity contribution in [2.75, 3.05) is 4.72 Å². The van der Waals surface area contributed by atoms with Gasteiger partial charge in [-0.1, -0.05) is 11.6 Å². The van der Waals surface area contributed by atoms with Crippen molar-refractivity contribution in [2.24, 2.45) is 0 Å². The quantitative estimate of drug-likeness (QED) is 0.824. The van der Waals surface area contributed by atoms with E-state index < -0.39 is 26.6 Å². The summed E-state index contributed by atoms with van der Waals surface area (Å²) >= 11 is 8.39. The van der Waals surface area contributed by atoms with Crippen LogP contribution in [0.25, 0.3) is 0 Å². The fraction of sp³-hybridized carbons (Fsp3) is 0. The Bertz CT molecular complexity index is 731. The molecule has 2 aromatic rings. The maximum atomic E-state index is 13.6. The maximum absolute atomic E-state index is 13.6. The van der Waals surface area contributed by atoms with Crippen LogP contribution in [0.4, 0.5) is 14.5 Å². The summed E-state index contributed by atoms with van der Waals surface area (Å²) in [6, 6.07) is 4.08. The Morgan fingerprint density at radius 2 is 1.95 bits per heavy atom. The number of benzene rings is 1. The van der Waals surface area contributed by atoms with E-state index >= 15 is 0 Å². The van der Waals surface area contributed by atoms with E-state index in [1.165, 1.54) is 18.3 Å². The lowest BCUT2D eigenvalue weighted by atomic mass is 10.3. The third kappa shape index (κ3) is 3.25. The lowest BCUT2D eigenvalue weighted by Crippen LogP contribution is -2.15. The third-order valence-electron chi connectivity index (χ3n) is 2.21. The summed E-state index contributed by atoms with van der Waals surface area (Å²) in [6.07, 6.45) is 1.18. The van der Waals surface area contributed by atoms with Crippen molar-refractivity contribution in [1.82, 2.24) is 4.98 Å². The molecule has 0 unspecified atom stereocenters. The Labute approximate surface area is 127 Å². The zero-order valence-corrected chi connectivity index (χ0v) is 12.7. The van der Waals surface area contributed by atoms with E-state index in [1.807, 2.05) is 0 Å². The van der Waals surface area contributed by atoms with Crippen molar-refractivity contribution in [3.05, 3.63) is 51.7 Å². The van der Waals surface area contributed by atoms with Crippen LogP contribution in [0.2, 0.25) is 5.15 Å². The number of aromatic nitrogens is 1. The predicted octanol–water partition coefficient (Wildman–Crippen LogP) is 3.58. The van der Waals surface area contributed by atoms with Crippen LogP contribution in [-0.2, 0) is 10.0 Å². The summed E-state index contributed by atoms with van der Waals surface area (Å²) in [6.45, 7) is 0. The Morgan fingerprint density at radius 1 is 1.25 bits per heavy atom. The molecule has 0 spiro atoms. The largest absolute Gasteiger partial charge is 0.278 e. The third-order valence-corrected chi connectivity index (χ3v) is 4.78. The van der Waals surface area contributed by atoms with Crippen LogP contribution >= 0.6 is 27.5 Å². The van der Waals surface area contributed by atoms with Gasteiger partial charge in [0.1, 0.15) is 21.7 Å². The number of hydrogen-bond acceptors (Lipinski definition) is 3. The second kappa shape index (κ2) is 5.63. The molecule has 1 aromatic heterocycles. The number of hydrogen-bond donors (Lipinski definition) is 1. The van der Waals surface area contributed by atoms with Gasteiger partial charge in [0.15, 0.2) is 0 Å². The molecule has 2 rings (SSSR count). The van der Waals surface area contributed by atoms with E-state index in [2.05, 4.69) is 25.6 Å². The highest BCUT2D eigenvalue weighted by atomic mass is 79.9. The summed E-state index contributed by atoms with van der Waals surface area (Å²) in [4.78, 5) is 3.00. The average Bonchev–Trinajstić information content (AvgIpc) is 2.30. The number of nitrogens with zero attached hydrogens (tertiary/aromatic N) is 1. The van der Waals surface area contributed by atoms with Gasteiger partial charge >= 0.3 is 0 Å². The molecule has 0 radical (unpaired) electrons. The SMILES string of the molecule is O=S(=O)(Nc1ccc(Cl)nc1)c1c(F)cc(F)cc1Br. The molecule has 0 aliphatic rings. The molecule has 0 atom stereocenters. The summed E-state index contributed by atoms with van der Waals surface area (Å²) in [5, 5.41) is 0.182. The molecular formula is C11H6BrClF2N2O2S. The van der Waals surface area contributed by atoms with Gasteiger partial charge in [0.2, 0.25) is 0 Å². The molecule has 1 aromatic carbocycles. The van der Waals surface area contributed by atoms with Crippen LogP contribution in [0.15, 0.2) is 39.8 Å². The van der Waals surface area contributed by atoms with Gasteiger partial charge in [-0.15, -0.1) is 0 Å².